The molecule has 1 aromatic rings. The molecule has 0 amide bonds. The molecule has 0 saturated carbocycles. The van der Waals surface area contributed by atoms with E-state index in [4.69, 9.17) is 4.74 Å². The lowest BCUT2D eigenvalue weighted by Crippen LogP contribution is -2.33. The van der Waals surface area contributed by atoms with Crippen LogP contribution in [0.5, 0.6) is 0 Å². The van der Waals surface area contributed by atoms with Crippen LogP contribution in [0.2, 0.25) is 0 Å². The number of aryl methyl sites for hydroxylation is 1. The fourth-order valence-corrected chi connectivity index (χ4v) is 2.30. The number of nitrogens with zero attached hydrogens (tertiary/aromatic N) is 1. The van der Waals surface area contributed by atoms with Gasteiger partial charge in [0.2, 0.25) is 0 Å². The monoisotopic (exact) mass is 264 g/mol. The van der Waals surface area contributed by atoms with Crippen molar-refractivity contribution in [2.45, 2.75) is 26.7 Å². The minimum Gasteiger partial charge on any atom is -0.478 e. The molecule has 0 aromatic carbocycles. The van der Waals surface area contributed by atoms with E-state index in [2.05, 4.69) is 17.2 Å². The summed E-state index contributed by atoms with van der Waals surface area (Å²) < 4.78 is 5.36. The zero-order chi connectivity index (χ0) is 13.9. The molecule has 0 radical (unpaired) electrons. The van der Waals surface area contributed by atoms with Gasteiger partial charge in [-0.1, -0.05) is 6.92 Å². The van der Waals surface area contributed by atoms with Gasteiger partial charge in [0.1, 0.15) is 11.4 Å². The SMILES string of the molecule is Cc1ccnc(NCC2(C)CCOCC2)c1C(=O)O. The normalized spacial score (nSPS) is 18.0. The van der Waals surface area contributed by atoms with E-state index in [0.29, 0.717) is 12.4 Å². The second-order valence-electron chi connectivity index (χ2n) is 5.43. The summed E-state index contributed by atoms with van der Waals surface area (Å²) in [6, 6.07) is 1.71. The van der Waals surface area contributed by atoms with Crippen LogP contribution in [0.4, 0.5) is 5.82 Å². The summed E-state index contributed by atoms with van der Waals surface area (Å²) in [4.78, 5) is 15.4. The Morgan fingerprint density at radius 2 is 2.21 bits per heavy atom. The van der Waals surface area contributed by atoms with Crippen LogP contribution in [-0.2, 0) is 4.74 Å². The standard InChI is InChI=1S/C14H20N2O3/c1-10-3-6-15-12(11(10)13(17)18)16-9-14(2)4-7-19-8-5-14/h3,6H,4-5,7-9H2,1-2H3,(H,15,16)(H,17,18). The molecular formula is C14H20N2O3. The first-order valence-corrected chi connectivity index (χ1v) is 6.52. The van der Waals surface area contributed by atoms with Gasteiger partial charge < -0.3 is 15.2 Å². The lowest BCUT2D eigenvalue weighted by atomic mass is 9.82. The molecule has 1 aromatic heterocycles. The smallest absolute Gasteiger partial charge is 0.339 e. The first-order valence-electron chi connectivity index (χ1n) is 6.52. The fraction of sp³-hybridized carbons (Fsp3) is 0.571. The Balaban J connectivity index is 2.11. The van der Waals surface area contributed by atoms with E-state index in [9.17, 15) is 9.90 Å². The molecular weight excluding hydrogens is 244 g/mol. The summed E-state index contributed by atoms with van der Waals surface area (Å²) in [7, 11) is 0. The molecule has 2 heterocycles. The number of pyridine rings is 1. The predicted molar refractivity (Wildman–Crippen MR) is 72.6 cm³/mol. The van der Waals surface area contributed by atoms with E-state index in [-0.39, 0.29) is 11.0 Å². The van der Waals surface area contributed by atoms with Crippen molar-refractivity contribution >= 4 is 11.8 Å². The third-order valence-corrected chi connectivity index (χ3v) is 3.76. The Hall–Kier alpha value is -1.62. The van der Waals surface area contributed by atoms with E-state index in [0.717, 1.165) is 31.6 Å². The van der Waals surface area contributed by atoms with Gasteiger partial charge in [-0.25, -0.2) is 9.78 Å². The van der Waals surface area contributed by atoms with Crippen LogP contribution in [0.3, 0.4) is 0 Å². The molecule has 1 aliphatic rings. The van der Waals surface area contributed by atoms with Crippen molar-refractivity contribution in [2.75, 3.05) is 25.1 Å². The summed E-state index contributed by atoms with van der Waals surface area (Å²) in [5.74, 6) is -0.481. The van der Waals surface area contributed by atoms with Gasteiger partial charge in [0, 0.05) is 26.0 Å². The van der Waals surface area contributed by atoms with E-state index >= 15 is 0 Å². The highest BCUT2D eigenvalue weighted by Crippen LogP contribution is 2.30. The van der Waals surface area contributed by atoms with Crippen molar-refractivity contribution in [1.29, 1.82) is 0 Å². The number of aromatic nitrogens is 1. The van der Waals surface area contributed by atoms with Crippen molar-refractivity contribution < 1.29 is 14.6 Å². The Kier molecular flexibility index (Phi) is 4.04. The summed E-state index contributed by atoms with van der Waals surface area (Å²) >= 11 is 0. The lowest BCUT2D eigenvalue weighted by Gasteiger charge is -2.33. The van der Waals surface area contributed by atoms with E-state index in [1.807, 2.05) is 0 Å². The highest BCUT2D eigenvalue weighted by molar-refractivity contribution is 5.94. The number of hydrogen-bond acceptors (Lipinski definition) is 4. The molecule has 0 spiro atoms. The average Bonchev–Trinajstić information content (AvgIpc) is 2.37. The van der Waals surface area contributed by atoms with Crippen LogP contribution < -0.4 is 5.32 Å². The maximum Gasteiger partial charge on any atom is 0.339 e. The number of ether oxygens (including phenoxy) is 1. The second kappa shape index (κ2) is 5.57. The van der Waals surface area contributed by atoms with Crippen molar-refractivity contribution in [2.24, 2.45) is 5.41 Å². The molecule has 5 heteroatoms. The molecule has 2 N–H and O–H groups in total. The Bertz CT molecular complexity index is 468. The number of nitrogens with one attached hydrogen (secondary N) is 1. The minimum absolute atomic E-state index is 0.138. The van der Waals surface area contributed by atoms with Crippen LogP contribution in [0.1, 0.15) is 35.7 Å². The molecule has 1 fully saturated rings. The topological polar surface area (TPSA) is 71.5 Å². The predicted octanol–water partition coefficient (Wildman–Crippen LogP) is 2.32. The van der Waals surface area contributed by atoms with Gasteiger partial charge in [-0.3, -0.25) is 0 Å². The van der Waals surface area contributed by atoms with Crippen LogP contribution in [0, 0.1) is 12.3 Å². The van der Waals surface area contributed by atoms with Crippen LogP contribution in [0.25, 0.3) is 0 Å². The van der Waals surface area contributed by atoms with Crippen molar-refractivity contribution in [3.8, 4) is 0 Å². The van der Waals surface area contributed by atoms with Crippen molar-refractivity contribution in [3.63, 3.8) is 0 Å². The van der Waals surface area contributed by atoms with E-state index in [1.54, 1.807) is 19.2 Å². The first-order chi connectivity index (χ1) is 9.02. The van der Waals surface area contributed by atoms with Gasteiger partial charge in [-0.15, -0.1) is 0 Å². The third kappa shape index (κ3) is 3.23. The molecule has 2 rings (SSSR count). The van der Waals surface area contributed by atoms with Gasteiger partial charge in [-0.05, 0) is 36.8 Å². The summed E-state index contributed by atoms with van der Waals surface area (Å²) in [5.41, 5.74) is 1.12. The largest absolute Gasteiger partial charge is 0.478 e. The molecule has 19 heavy (non-hydrogen) atoms. The van der Waals surface area contributed by atoms with Crippen LogP contribution >= 0.6 is 0 Å². The Morgan fingerprint density at radius 1 is 1.53 bits per heavy atom. The zero-order valence-corrected chi connectivity index (χ0v) is 11.4. The fourth-order valence-electron chi connectivity index (χ4n) is 2.30. The number of carbonyl (C=O) groups is 1. The minimum atomic E-state index is -0.940. The summed E-state index contributed by atoms with van der Waals surface area (Å²) in [6.07, 6.45) is 3.60. The molecule has 1 aliphatic heterocycles. The maximum absolute atomic E-state index is 11.3. The van der Waals surface area contributed by atoms with Crippen LogP contribution in [0.15, 0.2) is 12.3 Å². The number of carboxylic acid groups (broad SMARTS) is 1. The molecule has 0 atom stereocenters. The number of anilines is 1. The molecule has 1 saturated heterocycles. The number of carboxylic acids is 1. The first kappa shape index (κ1) is 13.8. The van der Waals surface area contributed by atoms with Crippen molar-refractivity contribution in [3.05, 3.63) is 23.4 Å². The highest BCUT2D eigenvalue weighted by atomic mass is 16.5. The molecule has 0 unspecified atom stereocenters. The molecule has 5 nitrogen and oxygen atoms in total. The highest BCUT2D eigenvalue weighted by Gasteiger charge is 2.28. The zero-order valence-electron chi connectivity index (χ0n) is 11.4. The summed E-state index contributed by atoms with van der Waals surface area (Å²) in [6.45, 7) is 6.23. The van der Waals surface area contributed by atoms with Gasteiger partial charge in [0.25, 0.3) is 0 Å². The van der Waals surface area contributed by atoms with Gasteiger partial charge in [-0.2, -0.15) is 0 Å². The summed E-state index contributed by atoms with van der Waals surface area (Å²) in [5, 5.41) is 12.4. The van der Waals surface area contributed by atoms with E-state index in [1.165, 1.54) is 0 Å². The lowest BCUT2D eigenvalue weighted by molar-refractivity contribution is 0.0299. The average molecular weight is 264 g/mol. The van der Waals surface area contributed by atoms with Crippen molar-refractivity contribution in [1.82, 2.24) is 4.98 Å². The molecule has 104 valence electrons. The van der Waals surface area contributed by atoms with Crippen LogP contribution in [-0.4, -0.2) is 35.8 Å². The Morgan fingerprint density at radius 3 is 2.84 bits per heavy atom. The molecule has 0 bridgehead atoms. The second-order valence-corrected chi connectivity index (χ2v) is 5.43. The molecule has 0 aliphatic carbocycles. The number of aromatic carboxylic acids is 1. The number of hydrogen-bond donors (Lipinski definition) is 2. The van der Waals surface area contributed by atoms with Gasteiger partial charge in [0.15, 0.2) is 0 Å². The number of rotatable bonds is 4. The maximum atomic E-state index is 11.3. The van der Waals surface area contributed by atoms with E-state index < -0.39 is 5.97 Å². The Labute approximate surface area is 113 Å². The van der Waals surface area contributed by atoms with Gasteiger partial charge >= 0.3 is 5.97 Å². The quantitative estimate of drug-likeness (QED) is 0.873. The van der Waals surface area contributed by atoms with Gasteiger partial charge in [0.05, 0.1) is 0 Å². The third-order valence-electron chi connectivity index (χ3n) is 3.76.